The van der Waals surface area contributed by atoms with Crippen LogP contribution in [0.15, 0.2) is 36.4 Å². The molecule has 1 aliphatic heterocycles. The van der Waals surface area contributed by atoms with Gasteiger partial charge in [-0.05, 0) is 36.2 Å². The molecule has 0 saturated carbocycles. The van der Waals surface area contributed by atoms with E-state index in [2.05, 4.69) is 10.6 Å². The summed E-state index contributed by atoms with van der Waals surface area (Å²) in [5.74, 6) is -1.94. The van der Waals surface area contributed by atoms with Crippen molar-refractivity contribution in [1.29, 1.82) is 0 Å². The van der Waals surface area contributed by atoms with E-state index in [4.69, 9.17) is 0 Å². The van der Waals surface area contributed by atoms with Crippen molar-refractivity contribution in [2.45, 2.75) is 19.4 Å². The van der Waals surface area contributed by atoms with Crippen LogP contribution < -0.4 is 10.6 Å². The zero-order chi connectivity index (χ0) is 16.6. The maximum absolute atomic E-state index is 13.7. The number of carbonyl (C=O) groups is 2. The highest BCUT2D eigenvalue weighted by Gasteiger charge is 2.21. The standard InChI is InChI=1S/C17H15FN2O3/c1-9(10-5-6-13-11(7-10)8-15(22)20-13)19-17(23)16-12(18)3-2-4-14(16)21/h2-7,9,21H,8H2,1H3,(H,19,23)(H,20,22). The molecule has 1 atom stereocenters. The van der Waals surface area contributed by atoms with Crippen molar-refractivity contribution in [3.8, 4) is 5.75 Å². The van der Waals surface area contributed by atoms with Crippen LogP contribution in [-0.4, -0.2) is 16.9 Å². The normalized spacial score (nSPS) is 14.1. The maximum atomic E-state index is 13.7. The summed E-state index contributed by atoms with van der Waals surface area (Å²) in [7, 11) is 0. The molecule has 2 amide bonds. The molecule has 0 aromatic heterocycles. The molecule has 2 aromatic carbocycles. The molecule has 0 aliphatic carbocycles. The summed E-state index contributed by atoms with van der Waals surface area (Å²) >= 11 is 0. The van der Waals surface area contributed by atoms with Gasteiger partial charge in [0.15, 0.2) is 0 Å². The van der Waals surface area contributed by atoms with Crippen LogP contribution in [-0.2, 0) is 11.2 Å². The Morgan fingerprint density at radius 3 is 2.87 bits per heavy atom. The smallest absolute Gasteiger partial charge is 0.258 e. The predicted octanol–water partition coefficient (Wildman–Crippen LogP) is 2.52. The van der Waals surface area contributed by atoms with Crippen LogP contribution in [0.4, 0.5) is 10.1 Å². The first-order valence-corrected chi connectivity index (χ1v) is 7.16. The second-order valence-corrected chi connectivity index (χ2v) is 5.47. The van der Waals surface area contributed by atoms with Gasteiger partial charge in [0, 0.05) is 5.69 Å². The van der Waals surface area contributed by atoms with Gasteiger partial charge in [-0.3, -0.25) is 9.59 Å². The largest absolute Gasteiger partial charge is 0.507 e. The number of phenols is 1. The minimum absolute atomic E-state index is 0.0647. The predicted molar refractivity (Wildman–Crippen MR) is 82.7 cm³/mol. The lowest BCUT2D eigenvalue weighted by molar-refractivity contribution is -0.115. The van der Waals surface area contributed by atoms with Gasteiger partial charge in [0.25, 0.3) is 5.91 Å². The summed E-state index contributed by atoms with van der Waals surface area (Å²) in [5.41, 5.74) is 2.05. The lowest BCUT2D eigenvalue weighted by Gasteiger charge is -2.16. The molecular weight excluding hydrogens is 299 g/mol. The third kappa shape index (κ3) is 2.88. The van der Waals surface area contributed by atoms with Gasteiger partial charge in [-0.25, -0.2) is 4.39 Å². The SMILES string of the molecule is CC(NC(=O)c1c(O)cccc1F)c1ccc2c(c1)CC(=O)N2. The number of hydrogen-bond acceptors (Lipinski definition) is 3. The van der Waals surface area contributed by atoms with E-state index >= 15 is 0 Å². The first-order valence-electron chi connectivity index (χ1n) is 7.16. The number of anilines is 1. The molecule has 0 bridgehead atoms. The Morgan fingerprint density at radius 2 is 2.13 bits per heavy atom. The summed E-state index contributed by atoms with van der Waals surface area (Å²) in [4.78, 5) is 23.5. The molecule has 3 rings (SSSR count). The molecule has 118 valence electrons. The van der Waals surface area contributed by atoms with E-state index in [9.17, 15) is 19.1 Å². The molecule has 6 heteroatoms. The van der Waals surface area contributed by atoms with Crippen molar-refractivity contribution in [1.82, 2.24) is 5.32 Å². The Hall–Kier alpha value is -2.89. The minimum atomic E-state index is -0.779. The van der Waals surface area contributed by atoms with Crippen LogP contribution in [0.25, 0.3) is 0 Å². The third-order valence-corrected chi connectivity index (χ3v) is 3.82. The van der Waals surface area contributed by atoms with Gasteiger partial charge in [-0.2, -0.15) is 0 Å². The third-order valence-electron chi connectivity index (χ3n) is 3.82. The summed E-state index contributed by atoms with van der Waals surface area (Å²) in [6.45, 7) is 1.75. The first-order chi connectivity index (χ1) is 11.0. The molecule has 0 spiro atoms. The topological polar surface area (TPSA) is 78.4 Å². The zero-order valence-electron chi connectivity index (χ0n) is 12.4. The van der Waals surface area contributed by atoms with E-state index in [1.807, 2.05) is 6.07 Å². The first kappa shape index (κ1) is 15.0. The summed E-state index contributed by atoms with van der Waals surface area (Å²) in [5, 5.41) is 15.0. The van der Waals surface area contributed by atoms with Gasteiger partial charge in [-0.15, -0.1) is 0 Å². The number of aromatic hydroxyl groups is 1. The number of phenolic OH excluding ortho intramolecular Hbond substituents is 1. The Bertz CT molecular complexity index is 784. The monoisotopic (exact) mass is 314 g/mol. The van der Waals surface area contributed by atoms with Gasteiger partial charge in [0.2, 0.25) is 5.91 Å². The Kier molecular flexibility index (Phi) is 3.73. The molecule has 1 heterocycles. The lowest BCUT2D eigenvalue weighted by atomic mass is 10.0. The van der Waals surface area contributed by atoms with Crippen molar-refractivity contribution in [2.24, 2.45) is 0 Å². The zero-order valence-corrected chi connectivity index (χ0v) is 12.4. The molecule has 1 aliphatic rings. The van der Waals surface area contributed by atoms with Crippen LogP contribution in [0, 0.1) is 5.82 Å². The molecule has 0 radical (unpaired) electrons. The van der Waals surface area contributed by atoms with Crippen LogP contribution >= 0.6 is 0 Å². The van der Waals surface area contributed by atoms with Crippen molar-refractivity contribution < 1.29 is 19.1 Å². The highest BCUT2D eigenvalue weighted by atomic mass is 19.1. The molecule has 3 N–H and O–H groups in total. The van der Waals surface area contributed by atoms with E-state index in [0.717, 1.165) is 22.9 Å². The number of rotatable bonds is 3. The quantitative estimate of drug-likeness (QED) is 0.814. The number of fused-ring (bicyclic) bond motifs is 1. The highest BCUT2D eigenvalue weighted by molar-refractivity contribution is 5.99. The van der Waals surface area contributed by atoms with E-state index < -0.39 is 23.5 Å². The fourth-order valence-corrected chi connectivity index (χ4v) is 2.61. The van der Waals surface area contributed by atoms with Crippen LogP contribution in [0.2, 0.25) is 0 Å². The summed E-state index contributed by atoms with van der Waals surface area (Å²) in [6.07, 6.45) is 0.304. The van der Waals surface area contributed by atoms with Gasteiger partial charge >= 0.3 is 0 Å². The maximum Gasteiger partial charge on any atom is 0.258 e. The molecular formula is C17H15FN2O3. The van der Waals surface area contributed by atoms with E-state index in [1.54, 1.807) is 19.1 Å². The van der Waals surface area contributed by atoms with Gasteiger partial charge in [0.05, 0.1) is 12.5 Å². The fourth-order valence-electron chi connectivity index (χ4n) is 2.61. The van der Waals surface area contributed by atoms with Crippen LogP contribution in [0.3, 0.4) is 0 Å². The lowest BCUT2D eigenvalue weighted by Crippen LogP contribution is -2.27. The summed E-state index contributed by atoms with van der Waals surface area (Å²) < 4.78 is 13.7. The van der Waals surface area contributed by atoms with Gasteiger partial charge in [0.1, 0.15) is 17.1 Å². The van der Waals surface area contributed by atoms with Crippen molar-refractivity contribution >= 4 is 17.5 Å². The molecule has 23 heavy (non-hydrogen) atoms. The van der Waals surface area contributed by atoms with E-state index in [1.165, 1.54) is 12.1 Å². The minimum Gasteiger partial charge on any atom is -0.507 e. The van der Waals surface area contributed by atoms with Gasteiger partial charge < -0.3 is 15.7 Å². The second kappa shape index (κ2) is 5.72. The van der Waals surface area contributed by atoms with Crippen molar-refractivity contribution in [3.63, 3.8) is 0 Å². The Balaban J connectivity index is 1.80. The van der Waals surface area contributed by atoms with Gasteiger partial charge in [-0.1, -0.05) is 18.2 Å². The van der Waals surface area contributed by atoms with Crippen molar-refractivity contribution in [2.75, 3.05) is 5.32 Å². The van der Waals surface area contributed by atoms with Crippen LogP contribution in [0.1, 0.15) is 34.5 Å². The summed E-state index contributed by atoms with van der Waals surface area (Å²) in [6, 6.07) is 8.70. The molecule has 5 nitrogen and oxygen atoms in total. The number of amides is 2. The number of halogens is 1. The average Bonchev–Trinajstić information content (AvgIpc) is 2.85. The van der Waals surface area contributed by atoms with Crippen LogP contribution in [0.5, 0.6) is 5.75 Å². The molecule has 2 aromatic rings. The molecule has 0 saturated heterocycles. The van der Waals surface area contributed by atoms with E-state index in [-0.39, 0.29) is 11.5 Å². The molecule has 0 fully saturated rings. The van der Waals surface area contributed by atoms with Crippen molar-refractivity contribution in [3.05, 3.63) is 58.9 Å². The second-order valence-electron chi connectivity index (χ2n) is 5.47. The fraction of sp³-hybridized carbons (Fsp3) is 0.176. The Morgan fingerprint density at radius 1 is 1.35 bits per heavy atom. The Labute approximate surface area is 132 Å². The number of carbonyl (C=O) groups excluding carboxylic acids is 2. The highest BCUT2D eigenvalue weighted by Crippen LogP contribution is 2.27. The molecule has 1 unspecified atom stereocenters. The van der Waals surface area contributed by atoms with E-state index in [0.29, 0.717) is 6.42 Å². The number of nitrogens with one attached hydrogen (secondary N) is 2. The average molecular weight is 314 g/mol. The number of benzene rings is 2. The number of hydrogen-bond donors (Lipinski definition) is 3.